The van der Waals surface area contributed by atoms with Crippen LogP contribution in [0, 0.1) is 13.8 Å². The molecule has 1 atom stereocenters. The summed E-state index contributed by atoms with van der Waals surface area (Å²) < 4.78 is 5.33. The SMILES string of the molecule is Cc1cccc(C)c1C(OCCCO)C(=O)O. The molecule has 0 aliphatic carbocycles. The van der Waals surface area contributed by atoms with Crippen LogP contribution >= 0.6 is 0 Å². The number of carbonyl (C=O) groups is 1. The molecule has 0 heterocycles. The maximum Gasteiger partial charge on any atom is 0.337 e. The van der Waals surface area contributed by atoms with Crippen LogP contribution in [0.15, 0.2) is 18.2 Å². The van der Waals surface area contributed by atoms with E-state index in [1.807, 2.05) is 32.0 Å². The minimum absolute atomic E-state index is 0.000900. The molecule has 0 aromatic heterocycles. The number of benzene rings is 1. The van der Waals surface area contributed by atoms with Crippen molar-refractivity contribution >= 4 is 5.97 Å². The number of aliphatic hydroxyl groups excluding tert-OH is 1. The van der Waals surface area contributed by atoms with Crippen molar-refractivity contribution in [3.05, 3.63) is 34.9 Å². The summed E-state index contributed by atoms with van der Waals surface area (Å²) in [5.41, 5.74) is 2.51. The first-order chi connectivity index (χ1) is 8.07. The first-order valence-electron chi connectivity index (χ1n) is 5.59. The number of aliphatic carboxylic acids is 1. The quantitative estimate of drug-likeness (QED) is 0.742. The topological polar surface area (TPSA) is 66.8 Å². The summed E-state index contributed by atoms with van der Waals surface area (Å²) in [4.78, 5) is 11.2. The number of carboxylic acid groups (broad SMARTS) is 1. The summed E-state index contributed by atoms with van der Waals surface area (Å²) in [5, 5.41) is 17.9. The van der Waals surface area contributed by atoms with Crippen molar-refractivity contribution < 1.29 is 19.7 Å². The summed E-state index contributed by atoms with van der Waals surface area (Å²) in [6.07, 6.45) is -0.517. The zero-order valence-corrected chi connectivity index (χ0v) is 10.1. The van der Waals surface area contributed by atoms with Gasteiger partial charge in [-0.15, -0.1) is 0 Å². The van der Waals surface area contributed by atoms with E-state index in [9.17, 15) is 9.90 Å². The Kier molecular flexibility index (Phi) is 5.12. The molecule has 1 aromatic carbocycles. The molecule has 0 saturated carbocycles. The van der Waals surface area contributed by atoms with E-state index in [-0.39, 0.29) is 13.2 Å². The number of aryl methyl sites for hydroxylation is 2. The number of hydrogen-bond acceptors (Lipinski definition) is 3. The fourth-order valence-electron chi connectivity index (χ4n) is 1.78. The standard InChI is InChI=1S/C13H18O4/c1-9-5-3-6-10(2)11(9)12(13(15)16)17-8-4-7-14/h3,5-6,12,14H,4,7-8H2,1-2H3,(H,15,16). The van der Waals surface area contributed by atoms with Crippen molar-refractivity contribution in [2.24, 2.45) is 0 Å². The molecule has 17 heavy (non-hydrogen) atoms. The van der Waals surface area contributed by atoms with E-state index in [0.29, 0.717) is 12.0 Å². The number of aliphatic hydroxyl groups is 1. The van der Waals surface area contributed by atoms with Gasteiger partial charge in [0.25, 0.3) is 0 Å². The van der Waals surface area contributed by atoms with Gasteiger partial charge in [0.2, 0.25) is 0 Å². The Morgan fingerprint density at radius 2 is 1.94 bits per heavy atom. The first-order valence-corrected chi connectivity index (χ1v) is 5.59. The molecule has 0 aliphatic heterocycles. The van der Waals surface area contributed by atoms with E-state index in [1.54, 1.807) is 0 Å². The second-order valence-electron chi connectivity index (χ2n) is 3.97. The molecule has 2 N–H and O–H groups in total. The maximum atomic E-state index is 11.2. The largest absolute Gasteiger partial charge is 0.479 e. The van der Waals surface area contributed by atoms with E-state index in [4.69, 9.17) is 9.84 Å². The third-order valence-electron chi connectivity index (χ3n) is 2.62. The Labute approximate surface area is 101 Å². The van der Waals surface area contributed by atoms with Gasteiger partial charge < -0.3 is 14.9 Å². The Balaban J connectivity index is 2.93. The summed E-state index contributed by atoms with van der Waals surface area (Å²) >= 11 is 0. The molecule has 0 aliphatic rings. The summed E-state index contributed by atoms with van der Waals surface area (Å²) in [7, 11) is 0. The van der Waals surface area contributed by atoms with Crippen molar-refractivity contribution in [2.75, 3.05) is 13.2 Å². The third-order valence-corrected chi connectivity index (χ3v) is 2.62. The number of hydrogen-bond donors (Lipinski definition) is 2. The van der Waals surface area contributed by atoms with Crippen molar-refractivity contribution in [1.29, 1.82) is 0 Å². The lowest BCUT2D eigenvalue weighted by Gasteiger charge is -2.18. The highest BCUT2D eigenvalue weighted by molar-refractivity contribution is 5.75. The van der Waals surface area contributed by atoms with Crippen molar-refractivity contribution in [1.82, 2.24) is 0 Å². The minimum atomic E-state index is -1.000. The van der Waals surface area contributed by atoms with Crippen molar-refractivity contribution in [3.63, 3.8) is 0 Å². The van der Waals surface area contributed by atoms with Gasteiger partial charge in [-0.3, -0.25) is 0 Å². The second-order valence-corrected chi connectivity index (χ2v) is 3.97. The lowest BCUT2D eigenvalue weighted by atomic mass is 9.98. The highest BCUT2D eigenvalue weighted by atomic mass is 16.5. The minimum Gasteiger partial charge on any atom is -0.479 e. The van der Waals surface area contributed by atoms with E-state index < -0.39 is 12.1 Å². The zero-order valence-electron chi connectivity index (χ0n) is 10.1. The Bertz CT molecular complexity index is 367. The van der Waals surface area contributed by atoms with Gasteiger partial charge in [-0.05, 0) is 37.0 Å². The van der Waals surface area contributed by atoms with Gasteiger partial charge in [0, 0.05) is 6.61 Å². The van der Waals surface area contributed by atoms with Crippen LogP contribution in [0.3, 0.4) is 0 Å². The maximum absolute atomic E-state index is 11.2. The van der Waals surface area contributed by atoms with Crippen LogP contribution in [0.2, 0.25) is 0 Å². The molecule has 1 rings (SSSR count). The highest BCUT2D eigenvalue weighted by Gasteiger charge is 2.23. The van der Waals surface area contributed by atoms with Crippen LogP contribution in [0.4, 0.5) is 0 Å². The van der Waals surface area contributed by atoms with Gasteiger partial charge in [0.1, 0.15) is 0 Å². The molecule has 94 valence electrons. The molecule has 0 fully saturated rings. The van der Waals surface area contributed by atoms with Gasteiger partial charge in [0.15, 0.2) is 6.10 Å². The third kappa shape index (κ3) is 3.54. The fraction of sp³-hybridized carbons (Fsp3) is 0.462. The number of carboxylic acids is 1. The molecule has 0 saturated heterocycles. The summed E-state index contributed by atoms with van der Waals surface area (Å²) in [6, 6.07) is 5.63. The van der Waals surface area contributed by atoms with Gasteiger partial charge in [-0.2, -0.15) is 0 Å². The lowest BCUT2D eigenvalue weighted by Crippen LogP contribution is -2.18. The number of ether oxygens (including phenoxy) is 1. The van der Waals surface area contributed by atoms with E-state index in [0.717, 1.165) is 11.1 Å². The Morgan fingerprint density at radius 3 is 2.41 bits per heavy atom. The molecule has 4 heteroatoms. The predicted octanol–water partition coefficient (Wildman–Crippen LogP) is 1.83. The highest BCUT2D eigenvalue weighted by Crippen LogP contribution is 2.25. The molecule has 0 bridgehead atoms. The van der Waals surface area contributed by atoms with Crippen LogP contribution in [0.25, 0.3) is 0 Å². The fourth-order valence-corrected chi connectivity index (χ4v) is 1.78. The average molecular weight is 238 g/mol. The normalized spacial score (nSPS) is 12.4. The zero-order chi connectivity index (χ0) is 12.8. The van der Waals surface area contributed by atoms with Gasteiger partial charge in [-0.25, -0.2) is 4.79 Å². The van der Waals surface area contributed by atoms with Gasteiger partial charge >= 0.3 is 5.97 Å². The van der Waals surface area contributed by atoms with E-state index in [1.165, 1.54) is 0 Å². The number of rotatable bonds is 6. The first kappa shape index (κ1) is 13.7. The molecule has 1 aromatic rings. The molecular formula is C13H18O4. The molecule has 0 spiro atoms. The summed E-state index contributed by atoms with van der Waals surface area (Å²) in [5.74, 6) is -1.000. The van der Waals surface area contributed by atoms with Crippen LogP contribution in [0.5, 0.6) is 0 Å². The predicted molar refractivity (Wildman–Crippen MR) is 63.9 cm³/mol. The molecule has 1 unspecified atom stereocenters. The van der Waals surface area contributed by atoms with Crippen molar-refractivity contribution in [2.45, 2.75) is 26.4 Å². The molecule has 0 amide bonds. The van der Waals surface area contributed by atoms with Crippen LogP contribution in [-0.4, -0.2) is 29.4 Å². The lowest BCUT2D eigenvalue weighted by molar-refractivity contribution is -0.151. The Hall–Kier alpha value is -1.39. The monoisotopic (exact) mass is 238 g/mol. The summed E-state index contributed by atoms with van der Waals surface area (Å²) in [6.45, 7) is 3.97. The van der Waals surface area contributed by atoms with E-state index >= 15 is 0 Å². The Morgan fingerprint density at radius 1 is 1.35 bits per heavy atom. The van der Waals surface area contributed by atoms with Crippen LogP contribution in [0.1, 0.15) is 29.2 Å². The smallest absolute Gasteiger partial charge is 0.337 e. The molecule has 0 radical (unpaired) electrons. The van der Waals surface area contributed by atoms with Crippen molar-refractivity contribution in [3.8, 4) is 0 Å². The molecular weight excluding hydrogens is 220 g/mol. The molecule has 4 nitrogen and oxygen atoms in total. The van der Waals surface area contributed by atoms with Gasteiger partial charge in [0.05, 0.1) is 6.61 Å². The second kappa shape index (κ2) is 6.37. The van der Waals surface area contributed by atoms with Crippen LogP contribution in [-0.2, 0) is 9.53 Å². The van der Waals surface area contributed by atoms with Gasteiger partial charge in [-0.1, -0.05) is 18.2 Å². The van der Waals surface area contributed by atoms with E-state index in [2.05, 4.69) is 0 Å². The van der Waals surface area contributed by atoms with Crippen LogP contribution < -0.4 is 0 Å². The average Bonchev–Trinajstić information content (AvgIpc) is 2.26.